The van der Waals surface area contributed by atoms with Gasteiger partial charge < -0.3 is 20.5 Å². The molecule has 1 unspecified atom stereocenters. The predicted molar refractivity (Wildman–Crippen MR) is 75.6 cm³/mol. The van der Waals surface area contributed by atoms with Crippen LogP contribution in [0.15, 0.2) is 18.2 Å². The van der Waals surface area contributed by atoms with E-state index in [0.717, 1.165) is 0 Å². The van der Waals surface area contributed by atoms with Crippen LogP contribution in [0.5, 0.6) is 0 Å². The number of rotatable bonds is 6. The number of hydrogen-bond acceptors (Lipinski definition) is 5. The summed E-state index contributed by atoms with van der Waals surface area (Å²) in [4.78, 5) is 23.3. The number of nitrogens with one attached hydrogen (secondary N) is 1. The van der Waals surface area contributed by atoms with E-state index in [4.69, 9.17) is 26.8 Å². The van der Waals surface area contributed by atoms with E-state index in [9.17, 15) is 9.59 Å². The van der Waals surface area contributed by atoms with E-state index in [1.807, 2.05) is 0 Å². The van der Waals surface area contributed by atoms with Gasteiger partial charge in [-0.15, -0.1) is 0 Å². The van der Waals surface area contributed by atoms with Crippen LogP contribution >= 0.6 is 11.6 Å². The lowest BCUT2D eigenvalue weighted by Crippen LogP contribution is -2.38. The predicted octanol–water partition coefficient (Wildman–Crippen LogP) is 1.23. The van der Waals surface area contributed by atoms with Gasteiger partial charge in [0.05, 0.1) is 22.9 Å². The Morgan fingerprint density at radius 1 is 1.45 bits per heavy atom. The number of nitrogens with two attached hydrogens (primary N) is 1. The van der Waals surface area contributed by atoms with Crippen molar-refractivity contribution in [1.82, 2.24) is 5.32 Å². The summed E-state index contributed by atoms with van der Waals surface area (Å²) in [5.74, 6) is -1.11. The minimum Gasteiger partial charge on any atom is -0.452 e. The quantitative estimate of drug-likeness (QED) is 0.609. The van der Waals surface area contributed by atoms with Crippen molar-refractivity contribution in [2.45, 2.75) is 13.0 Å². The number of esters is 1. The fourth-order valence-electron chi connectivity index (χ4n) is 1.52. The van der Waals surface area contributed by atoms with Crippen LogP contribution in [-0.2, 0) is 14.3 Å². The van der Waals surface area contributed by atoms with Crippen LogP contribution in [-0.4, -0.2) is 38.2 Å². The highest BCUT2D eigenvalue weighted by molar-refractivity contribution is 6.36. The Hall–Kier alpha value is -1.79. The lowest BCUT2D eigenvalue weighted by Gasteiger charge is -2.13. The van der Waals surface area contributed by atoms with Gasteiger partial charge in [0.2, 0.25) is 0 Å². The summed E-state index contributed by atoms with van der Waals surface area (Å²) in [6.07, 6.45) is 0. The molecule has 0 aliphatic carbocycles. The molecule has 0 bridgehead atoms. The number of hydrogen-bond donors (Lipinski definition) is 2. The molecule has 0 radical (unpaired) electrons. The molecule has 0 heterocycles. The second-order valence-electron chi connectivity index (χ2n) is 4.21. The van der Waals surface area contributed by atoms with Gasteiger partial charge in [0.15, 0.2) is 6.61 Å². The Labute approximate surface area is 122 Å². The minimum atomic E-state index is -0.697. The van der Waals surface area contributed by atoms with Crippen LogP contribution in [0.2, 0.25) is 5.02 Å². The molecule has 0 aromatic heterocycles. The second-order valence-corrected chi connectivity index (χ2v) is 4.59. The van der Waals surface area contributed by atoms with Crippen LogP contribution < -0.4 is 11.1 Å². The Balaban J connectivity index is 2.51. The molecule has 6 nitrogen and oxygen atoms in total. The molecule has 0 saturated heterocycles. The number of ether oxygens (including phenoxy) is 2. The summed E-state index contributed by atoms with van der Waals surface area (Å²) in [7, 11) is 1.53. The van der Waals surface area contributed by atoms with Crippen molar-refractivity contribution in [1.29, 1.82) is 0 Å². The van der Waals surface area contributed by atoms with Gasteiger partial charge in [0, 0.05) is 13.2 Å². The number of halogens is 1. The van der Waals surface area contributed by atoms with E-state index in [-0.39, 0.29) is 22.3 Å². The Morgan fingerprint density at radius 2 is 2.15 bits per heavy atom. The van der Waals surface area contributed by atoms with Crippen molar-refractivity contribution in [2.75, 3.05) is 26.1 Å². The van der Waals surface area contributed by atoms with Crippen molar-refractivity contribution in [2.24, 2.45) is 0 Å². The molecule has 1 rings (SSSR count). The third kappa shape index (κ3) is 4.71. The van der Waals surface area contributed by atoms with Crippen molar-refractivity contribution in [3.63, 3.8) is 0 Å². The zero-order chi connectivity index (χ0) is 15.1. The van der Waals surface area contributed by atoms with Crippen LogP contribution in [0.3, 0.4) is 0 Å². The van der Waals surface area contributed by atoms with Gasteiger partial charge in [0.1, 0.15) is 0 Å². The standard InChI is InChI=1S/C13H17ClN2O4/c1-8(6-19-2)16-11(17)7-20-13(18)9-4-3-5-10(15)12(9)14/h3-5,8H,6-7,15H2,1-2H3,(H,16,17). The molecule has 7 heteroatoms. The maximum atomic E-state index is 11.8. The van der Waals surface area contributed by atoms with Crippen molar-refractivity contribution in [3.8, 4) is 0 Å². The van der Waals surface area contributed by atoms with E-state index in [1.54, 1.807) is 19.1 Å². The molecule has 20 heavy (non-hydrogen) atoms. The number of benzene rings is 1. The Bertz CT molecular complexity index is 493. The van der Waals surface area contributed by atoms with Crippen LogP contribution in [0.25, 0.3) is 0 Å². The second kappa shape index (κ2) is 7.72. The first kappa shape index (κ1) is 16.3. The molecule has 0 spiro atoms. The molecule has 1 aromatic carbocycles. The number of anilines is 1. The van der Waals surface area contributed by atoms with E-state index >= 15 is 0 Å². The molecule has 3 N–H and O–H groups in total. The largest absolute Gasteiger partial charge is 0.452 e. The number of nitrogen functional groups attached to an aromatic ring is 1. The average molecular weight is 301 g/mol. The van der Waals surface area contributed by atoms with Gasteiger partial charge >= 0.3 is 5.97 Å². The topological polar surface area (TPSA) is 90.6 Å². The van der Waals surface area contributed by atoms with E-state index < -0.39 is 18.5 Å². The number of carbonyl (C=O) groups is 2. The van der Waals surface area contributed by atoms with Crippen LogP contribution in [0.1, 0.15) is 17.3 Å². The third-order valence-corrected chi connectivity index (χ3v) is 2.83. The van der Waals surface area contributed by atoms with Crippen molar-refractivity contribution >= 4 is 29.2 Å². The summed E-state index contributed by atoms with van der Waals surface area (Å²) >= 11 is 5.89. The number of amides is 1. The minimum absolute atomic E-state index is 0.116. The molecule has 1 aromatic rings. The Kier molecular flexibility index (Phi) is 6.27. The van der Waals surface area contributed by atoms with Gasteiger partial charge in [-0.25, -0.2) is 4.79 Å². The highest BCUT2D eigenvalue weighted by Gasteiger charge is 2.15. The van der Waals surface area contributed by atoms with Gasteiger partial charge in [0.25, 0.3) is 5.91 Å². The van der Waals surface area contributed by atoms with Gasteiger partial charge in [-0.1, -0.05) is 17.7 Å². The summed E-state index contributed by atoms with van der Waals surface area (Å²) in [5, 5.41) is 2.73. The van der Waals surface area contributed by atoms with Crippen LogP contribution in [0, 0.1) is 0 Å². The summed E-state index contributed by atoms with van der Waals surface area (Å²) < 4.78 is 9.75. The van der Waals surface area contributed by atoms with E-state index in [1.165, 1.54) is 13.2 Å². The smallest absolute Gasteiger partial charge is 0.340 e. The third-order valence-electron chi connectivity index (χ3n) is 2.41. The first-order valence-electron chi connectivity index (χ1n) is 5.95. The first-order valence-corrected chi connectivity index (χ1v) is 6.33. The van der Waals surface area contributed by atoms with Crippen molar-refractivity contribution < 1.29 is 19.1 Å². The fraction of sp³-hybridized carbons (Fsp3) is 0.385. The maximum absolute atomic E-state index is 11.8. The van der Waals surface area contributed by atoms with E-state index in [2.05, 4.69) is 5.32 Å². The molecule has 1 amide bonds. The highest BCUT2D eigenvalue weighted by atomic mass is 35.5. The molecule has 0 aliphatic heterocycles. The summed E-state index contributed by atoms with van der Waals surface area (Å²) in [5.41, 5.74) is 5.99. The normalized spacial score (nSPS) is 11.8. The molecule has 0 saturated carbocycles. The van der Waals surface area contributed by atoms with Crippen LogP contribution in [0.4, 0.5) is 5.69 Å². The fourth-order valence-corrected chi connectivity index (χ4v) is 1.73. The maximum Gasteiger partial charge on any atom is 0.340 e. The SMILES string of the molecule is COCC(C)NC(=O)COC(=O)c1cccc(N)c1Cl. The summed E-state index contributed by atoms with van der Waals surface area (Å²) in [6, 6.07) is 4.46. The van der Waals surface area contributed by atoms with Crippen molar-refractivity contribution in [3.05, 3.63) is 28.8 Å². The zero-order valence-corrected chi connectivity index (χ0v) is 12.1. The monoisotopic (exact) mass is 300 g/mol. The zero-order valence-electron chi connectivity index (χ0n) is 11.3. The molecule has 0 aliphatic rings. The lowest BCUT2D eigenvalue weighted by atomic mass is 10.2. The molecular formula is C13H17ClN2O4. The highest BCUT2D eigenvalue weighted by Crippen LogP contribution is 2.23. The molecule has 110 valence electrons. The average Bonchev–Trinajstić information content (AvgIpc) is 2.39. The van der Waals surface area contributed by atoms with E-state index in [0.29, 0.717) is 6.61 Å². The summed E-state index contributed by atoms with van der Waals surface area (Å²) in [6.45, 7) is 1.76. The molecule has 0 fully saturated rings. The van der Waals surface area contributed by atoms with Gasteiger partial charge in [-0.05, 0) is 19.1 Å². The number of methoxy groups -OCH3 is 1. The van der Waals surface area contributed by atoms with Gasteiger partial charge in [-0.3, -0.25) is 4.79 Å². The lowest BCUT2D eigenvalue weighted by molar-refractivity contribution is -0.125. The molecular weight excluding hydrogens is 284 g/mol. The van der Waals surface area contributed by atoms with Gasteiger partial charge in [-0.2, -0.15) is 0 Å². The Morgan fingerprint density at radius 3 is 2.80 bits per heavy atom. The first-order chi connectivity index (χ1) is 9.45. The molecule has 1 atom stereocenters. The number of carbonyl (C=O) groups excluding carboxylic acids is 2.